The number of nitrogens with one attached hydrogen (secondary N) is 1. The molecule has 24 heavy (non-hydrogen) atoms. The first-order valence-corrected chi connectivity index (χ1v) is 8.79. The first-order valence-electron chi connectivity index (χ1n) is 8.79. The van der Waals surface area contributed by atoms with Gasteiger partial charge in [0.1, 0.15) is 0 Å². The molecule has 1 aliphatic carbocycles. The molecule has 0 atom stereocenters. The van der Waals surface area contributed by atoms with Crippen LogP contribution in [-0.4, -0.2) is 41.1 Å². The van der Waals surface area contributed by atoms with Crippen LogP contribution in [0.25, 0.3) is 0 Å². The van der Waals surface area contributed by atoms with Crippen molar-refractivity contribution < 1.29 is 14.3 Å². The first-order chi connectivity index (χ1) is 11.7. The third-order valence-corrected chi connectivity index (χ3v) is 4.23. The molecule has 1 fully saturated rings. The highest BCUT2D eigenvalue weighted by Crippen LogP contribution is 2.18. The molecule has 0 aromatic carbocycles. The largest absolute Gasteiger partial charge is 0.466 e. The topological polar surface area (TPSA) is 71.5 Å². The molecule has 1 saturated carbocycles. The van der Waals surface area contributed by atoms with Crippen LogP contribution in [0.3, 0.4) is 0 Å². The SMILES string of the molecule is CCOC(=O)CCN(Cc1ccncc1)C(=O)NC1CCCCC1. The Hall–Kier alpha value is -2.11. The van der Waals surface area contributed by atoms with E-state index in [1.54, 1.807) is 24.2 Å². The van der Waals surface area contributed by atoms with Crippen molar-refractivity contribution in [2.75, 3.05) is 13.2 Å². The number of hydrogen-bond donors (Lipinski definition) is 1. The van der Waals surface area contributed by atoms with Crippen molar-refractivity contribution in [1.29, 1.82) is 0 Å². The molecule has 1 N–H and O–H groups in total. The number of rotatable bonds is 7. The van der Waals surface area contributed by atoms with Gasteiger partial charge in [0.2, 0.25) is 0 Å². The molecule has 0 aliphatic heterocycles. The maximum Gasteiger partial charge on any atom is 0.317 e. The lowest BCUT2D eigenvalue weighted by atomic mass is 9.96. The van der Waals surface area contributed by atoms with Gasteiger partial charge in [-0.05, 0) is 37.5 Å². The van der Waals surface area contributed by atoms with Gasteiger partial charge in [0.05, 0.1) is 13.0 Å². The number of carbonyl (C=O) groups is 2. The molecule has 1 aromatic heterocycles. The van der Waals surface area contributed by atoms with Crippen molar-refractivity contribution in [3.63, 3.8) is 0 Å². The van der Waals surface area contributed by atoms with E-state index in [-0.39, 0.29) is 24.5 Å². The maximum atomic E-state index is 12.6. The molecule has 1 aromatic rings. The summed E-state index contributed by atoms with van der Waals surface area (Å²) in [6, 6.07) is 3.90. The molecule has 0 spiro atoms. The predicted molar refractivity (Wildman–Crippen MR) is 91.3 cm³/mol. The predicted octanol–water partition coefficient (Wildman–Crippen LogP) is 2.88. The van der Waals surface area contributed by atoms with Crippen LogP contribution in [0.2, 0.25) is 0 Å². The average molecular weight is 333 g/mol. The van der Waals surface area contributed by atoms with Gasteiger partial charge in [0, 0.05) is 31.5 Å². The number of amides is 2. The minimum Gasteiger partial charge on any atom is -0.466 e. The van der Waals surface area contributed by atoms with Crippen LogP contribution < -0.4 is 5.32 Å². The highest BCUT2D eigenvalue weighted by molar-refractivity contribution is 5.76. The lowest BCUT2D eigenvalue weighted by Gasteiger charge is -2.28. The smallest absolute Gasteiger partial charge is 0.317 e. The molecule has 2 amide bonds. The summed E-state index contributed by atoms with van der Waals surface area (Å²) in [7, 11) is 0. The normalized spacial score (nSPS) is 14.9. The van der Waals surface area contributed by atoms with Gasteiger partial charge in [0.25, 0.3) is 0 Å². The second-order valence-corrected chi connectivity index (χ2v) is 6.12. The number of urea groups is 1. The summed E-state index contributed by atoms with van der Waals surface area (Å²) >= 11 is 0. The Morgan fingerprint density at radius 1 is 1.25 bits per heavy atom. The molecule has 6 nitrogen and oxygen atoms in total. The summed E-state index contributed by atoms with van der Waals surface area (Å²) in [4.78, 5) is 29.9. The fourth-order valence-electron chi connectivity index (χ4n) is 2.93. The van der Waals surface area contributed by atoms with Crippen LogP contribution in [0.1, 0.15) is 51.0 Å². The Balaban J connectivity index is 1.94. The van der Waals surface area contributed by atoms with E-state index in [4.69, 9.17) is 4.74 Å². The second kappa shape index (κ2) is 9.90. The summed E-state index contributed by atoms with van der Waals surface area (Å²) in [5.74, 6) is -0.275. The van der Waals surface area contributed by atoms with Gasteiger partial charge in [-0.25, -0.2) is 4.79 Å². The molecule has 0 radical (unpaired) electrons. The Labute approximate surface area is 143 Å². The van der Waals surface area contributed by atoms with Gasteiger partial charge in [0.15, 0.2) is 0 Å². The fourth-order valence-corrected chi connectivity index (χ4v) is 2.93. The third kappa shape index (κ3) is 6.18. The Bertz CT molecular complexity index is 516. The zero-order valence-electron chi connectivity index (χ0n) is 14.4. The number of carbonyl (C=O) groups excluding carboxylic acids is 2. The Kier molecular flexibility index (Phi) is 7.52. The molecular formula is C18H27N3O3. The van der Waals surface area contributed by atoms with E-state index >= 15 is 0 Å². The number of hydrogen-bond acceptors (Lipinski definition) is 4. The van der Waals surface area contributed by atoms with Gasteiger partial charge < -0.3 is 15.0 Å². The van der Waals surface area contributed by atoms with Gasteiger partial charge in [-0.2, -0.15) is 0 Å². The highest BCUT2D eigenvalue weighted by Gasteiger charge is 2.21. The van der Waals surface area contributed by atoms with Gasteiger partial charge in [-0.15, -0.1) is 0 Å². The summed E-state index contributed by atoms with van der Waals surface area (Å²) in [6.45, 7) is 2.94. The minimum absolute atomic E-state index is 0.108. The van der Waals surface area contributed by atoms with Gasteiger partial charge in [-0.1, -0.05) is 19.3 Å². The highest BCUT2D eigenvalue weighted by atomic mass is 16.5. The summed E-state index contributed by atoms with van der Waals surface area (Å²) in [6.07, 6.45) is 9.26. The van der Waals surface area contributed by atoms with Crippen molar-refractivity contribution in [2.24, 2.45) is 0 Å². The van der Waals surface area contributed by atoms with E-state index in [9.17, 15) is 9.59 Å². The van der Waals surface area contributed by atoms with Gasteiger partial charge in [-0.3, -0.25) is 9.78 Å². The third-order valence-electron chi connectivity index (χ3n) is 4.23. The van der Waals surface area contributed by atoms with Crippen LogP contribution in [0.4, 0.5) is 4.79 Å². The number of nitrogens with zero attached hydrogens (tertiary/aromatic N) is 2. The van der Waals surface area contributed by atoms with Crippen LogP contribution in [0, 0.1) is 0 Å². The number of ether oxygens (including phenoxy) is 1. The number of pyridine rings is 1. The summed E-state index contributed by atoms with van der Waals surface area (Å²) in [5.41, 5.74) is 0.993. The van der Waals surface area contributed by atoms with E-state index in [1.807, 2.05) is 12.1 Å². The molecule has 1 aliphatic rings. The monoisotopic (exact) mass is 333 g/mol. The number of aromatic nitrogens is 1. The average Bonchev–Trinajstić information content (AvgIpc) is 2.60. The maximum absolute atomic E-state index is 12.6. The van der Waals surface area contributed by atoms with E-state index in [0.29, 0.717) is 19.7 Å². The van der Waals surface area contributed by atoms with E-state index in [2.05, 4.69) is 10.3 Å². The van der Waals surface area contributed by atoms with E-state index in [1.165, 1.54) is 6.42 Å². The summed E-state index contributed by atoms with van der Waals surface area (Å²) in [5, 5.41) is 3.11. The lowest BCUT2D eigenvalue weighted by molar-refractivity contribution is -0.143. The quantitative estimate of drug-likeness (QED) is 0.779. The Morgan fingerprint density at radius 3 is 2.62 bits per heavy atom. The lowest BCUT2D eigenvalue weighted by Crippen LogP contribution is -2.45. The van der Waals surface area contributed by atoms with Gasteiger partial charge >= 0.3 is 12.0 Å². The van der Waals surface area contributed by atoms with Crippen LogP contribution in [-0.2, 0) is 16.1 Å². The van der Waals surface area contributed by atoms with Crippen molar-refractivity contribution in [3.8, 4) is 0 Å². The molecule has 2 rings (SSSR count). The molecule has 0 unspecified atom stereocenters. The first kappa shape index (κ1) is 18.2. The summed E-state index contributed by atoms with van der Waals surface area (Å²) < 4.78 is 4.96. The molecule has 6 heteroatoms. The van der Waals surface area contributed by atoms with Crippen molar-refractivity contribution >= 4 is 12.0 Å². The Morgan fingerprint density at radius 2 is 1.96 bits per heavy atom. The minimum atomic E-state index is -0.275. The second-order valence-electron chi connectivity index (χ2n) is 6.12. The van der Waals surface area contributed by atoms with Crippen molar-refractivity contribution in [2.45, 2.75) is 58.0 Å². The zero-order valence-corrected chi connectivity index (χ0v) is 14.4. The van der Waals surface area contributed by atoms with Crippen molar-refractivity contribution in [3.05, 3.63) is 30.1 Å². The van der Waals surface area contributed by atoms with E-state index < -0.39 is 0 Å². The van der Waals surface area contributed by atoms with Crippen molar-refractivity contribution in [1.82, 2.24) is 15.2 Å². The van der Waals surface area contributed by atoms with Crippen LogP contribution in [0.5, 0.6) is 0 Å². The molecule has 1 heterocycles. The zero-order chi connectivity index (χ0) is 17.2. The molecule has 132 valence electrons. The van der Waals surface area contributed by atoms with Crippen LogP contribution >= 0.6 is 0 Å². The van der Waals surface area contributed by atoms with E-state index in [0.717, 1.165) is 31.2 Å². The number of esters is 1. The molecular weight excluding hydrogens is 306 g/mol. The fraction of sp³-hybridized carbons (Fsp3) is 0.611. The standard InChI is InChI=1S/C18H27N3O3/c1-2-24-17(22)10-13-21(14-15-8-11-19-12-9-15)18(23)20-16-6-4-3-5-7-16/h8-9,11-12,16H,2-7,10,13-14H2,1H3,(H,20,23). The molecule has 0 bridgehead atoms. The molecule has 0 saturated heterocycles. The van der Waals surface area contributed by atoms with Crippen LogP contribution in [0.15, 0.2) is 24.5 Å².